The highest BCUT2D eigenvalue weighted by Crippen LogP contribution is 2.48. The molecular formula is C30H34N4O3. The summed E-state index contributed by atoms with van der Waals surface area (Å²) in [5.74, 6) is 1.47. The number of rotatable bonds is 8. The van der Waals surface area contributed by atoms with Crippen molar-refractivity contribution in [1.82, 2.24) is 19.9 Å². The lowest BCUT2D eigenvalue weighted by atomic mass is 9.62. The number of aromatic nitrogens is 3. The van der Waals surface area contributed by atoms with Gasteiger partial charge in [-0.3, -0.25) is 9.36 Å². The van der Waals surface area contributed by atoms with Gasteiger partial charge < -0.3 is 10.1 Å². The van der Waals surface area contributed by atoms with Crippen molar-refractivity contribution in [2.45, 2.75) is 76.7 Å². The first-order valence-electron chi connectivity index (χ1n) is 13.7. The van der Waals surface area contributed by atoms with E-state index in [1.54, 1.807) is 6.08 Å². The SMILES string of the molecule is CCOC(=O)[C@H](Cc1ccc(-n2c(C3CCC3)nc3cccnc32)cc1)NC1=CC(=O)C12CCCCC2. The number of allylic oxidation sites excluding steroid dienone is 2. The standard InChI is InChI=1S/C30H34N4O3/c1-2-37-29(36)24(32-25-19-26(35)30(25)15-4-3-5-16-30)18-20-11-13-22(14-12-20)34-27(21-8-6-9-21)33-23-10-7-17-31-28(23)34/h7,10-14,17,19,21,24,32H,2-6,8-9,15-16,18H2,1H3/t24-/m0/s1. The molecule has 0 bridgehead atoms. The second kappa shape index (κ2) is 9.77. The summed E-state index contributed by atoms with van der Waals surface area (Å²) < 4.78 is 7.59. The highest BCUT2D eigenvalue weighted by Gasteiger charge is 2.49. The van der Waals surface area contributed by atoms with Crippen LogP contribution < -0.4 is 5.32 Å². The van der Waals surface area contributed by atoms with E-state index in [4.69, 9.17) is 9.72 Å². The first-order valence-corrected chi connectivity index (χ1v) is 13.7. The Balaban J connectivity index is 1.25. The lowest BCUT2D eigenvalue weighted by Gasteiger charge is -2.44. The maximum atomic E-state index is 12.9. The molecule has 1 atom stereocenters. The quantitative estimate of drug-likeness (QED) is 0.431. The van der Waals surface area contributed by atoms with Crippen molar-refractivity contribution in [3.8, 4) is 5.69 Å². The van der Waals surface area contributed by atoms with Gasteiger partial charge in [0.1, 0.15) is 17.4 Å². The third kappa shape index (κ3) is 4.24. The molecule has 7 nitrogen and oxygen atoms in total. The molecule has 0 unspecified atom stereocenters. The third-order valence-corrected chi connectivity index (χ3v) is 8.42. The van der Waals surface area contributed by atoms with Crippen molar-refractivity contribution in [2.75, 3.05) is 6.61 Å². The van der Waals surface area contributed by atoms with Gasteiger partial charge in [0.25, 0.3) is 0 Å². The van der Waals surface area contributed by atoms with E-state index < -0.39 is 11.5 Å². The predicted molar refractivity (Wildman–Crippen MR) is 141 cm³/mol. The fraction of sp³-hybridized carbons (Fsp3) is 0.467. The number of hydrogen-bond donors (Lipinski definition) is 1. The zero-order valence-electron chi connectivity index (χ0n) is 21.4. The van der Waals surface area contributed by atoms with Crippen molar-refractivity contribution < 1.29 is 14.3 Å². The van der Waals surface area contributed by atoms with E-state index in [-0.39, 0.29) is 11.8 Å². The number of carbonyl (C=O) groups is 2. The van der Waals surface area contributed by atoms with Crippen LogP contribution in [0.1, 0.15) is 75.6 Å². The number of nitrogens with one attached hydrogen (secondary N) is 1. The molecule has 1 N–H and O–H groups in total. The van der Waals surface area contributed by atoms with E-state index in [0.29, 0.717) is 18.9 Å². The minimum Gasteiger partial charge on any atom is -0.464 e. The second-order valence-electron chi connectivity index (χ2n) is 10.7. The average Bonchev–Trinajstić information content (AvgIpc) is 3.26. The Kier molecular flexibility index (Phi) is 6.31. The molecule has 7 heteroatoms. The first kappa shape index (κ1) is 23.9. The summed E-state index contributed by atoms with van der Waals surface area (Å²) in [4.78, 5) is 35.0. The van der Waals surface area contributed by atoms with Gasteiger partial charge in [0, 0.05) is 36.0 Å². The predicted octanol–water partition coefficient (Wildman–Crippen LogP) is 5.17. The molecule has 2 saturated carbocycles. The largest absolute Gasteiger partial charge is 0.464 e. The van der Waals surface area contributed by atoms with Crippen LogP contribution in [-0.4, -0.2) is 38.9 Å². The highest BCUT2D eigenvalue weighted by atomic mass is 16.5. The molecule has 3 aliphatic carbocycles. The number of fused-ring (bicyclic) bond motifs is 1. The number of carbonyl (C=O) groups excluding carboxylic acids is 2. The molecule has 2 fully saturated rings. The summed E-state index contributed by atoms with van der Waals surface area (Å²) in [7, 11) is 0. The van der Waals surface area contributed by atoms with Crippen LogP contribution in [0.25, 0.3) is 16.9 Å². The maximum Gasteiger partial charge on any atom is 0.328 e. The summed E-state index contributed by atoms with van der Waals surface area (Å²) in [6, 6.07) is 11.7. The molecule has 0 radical (unpaired) electrons. The van der Waals surface area contributed by atoms with Gasteiger partial charge in [0.05, 0.1) is 12.0 Å². The summed E-state index contributed by atoms with van der Waals surface area (Å²) in [6.07, 6.45) is 12.5. The summed E-state index contributed by atoms with van der Waals surface area (Å²) >= 11 is 0. The van der Waals surface area contributed by atoms with Crippen LogP contribution in [-0.2, 0) is 20.7 Å². The van der Waals surface area contributed by atoms with Crippen LogP contribution in [0.15, 0.2) is 54.4 Å². The van der Waals surface area contributed by atoms with E-state index in [1.165, 1.54) is 12.8 Å². The number of benzene rings is 1. The number of pyridine rings is 1. The molecule has 3 aliphatic rings. The molecular weight excluding hydrogens is 464 g/mol. The monoisotopic (exact) mass is 498 g/mol. The normalized spacial score (nSPS) is 19.7. The fourth-order valence-electron chi connectivity index (χ4n) is 6.08. The lowest BCUT2D eigenvalue weighted by molar-refractivity contribution is -0.146. The Labute approximate surface area is 217 Å². The van der Waals surface area contributed by atoms with Crippen LogP contribution in [0.4, 0.5) is 0 Å². The Morgan fingerprint density at radius 2 is 1.92 bits per heavy atom. The Morgan fingerprint density at radius 1 is 1.14 bits per heavy atom. The zero-order valence-corrected chi connectivity index (χ0v) is 21.4. The number of imidazole rings is 1. The average molecular weight is 499 g/mol. The summed E-state index contributed by atoms with van der Waals surface area (Å²) in [6.45, 7) is 2.14. The molecule has 6 rings (SSSR count). The van der Waals surface area contributed by atoms with Crippen molar-refractivity contribution in [3.63, 3.8) is 0 Å². The van der Waals surface area contributed by atoms with E-state index in [9.17, 15) is 9.59 Å². The van der Waals surface area contributed by atoms with Crippen molar-refractivity contribution in [3.05, 3.63) is 65.8 Å². The van der Waals surface area contributed by atoms with Gasteiger partial charge in [-0.2, -0.15) is 0 Å². The molecule has 192 valence electrons. The number of hydrogen-bond acceptors (Lipinski definition) is 6. The molecule has 1 spiro atoms. The number of esters is 1. The Morgan fingerprint density at radius 3 is 2.59 bits per heavy atom. The van der Waals surface area contributed by atoms with Crippen LogP contribution >= 0.6 is 0 Å². The van der Waals surface area contributed by atoms with Gasteiger partial charge >= 0.3 is 5.97 Å². The van der Waals surface area contributed by atoms with E-state index in [0.717, 1.165) is 72.5 Å². The highest BCUT2D eigenvalue weighted by molar-refractivity contribution is 6.05. The van der Waals surface area contributed by atoms with Crippen LogP contribution in [0.2, 0.25) is 0 Å². The number of nitrogens with zero attached hydrogens (tertiary/aromatic N) is 3. The van der Waals surface area contributed by atoms with Gasteiger partial charge in [0.15, 0.2) is 11.4 Å². The first-order chi connectivity index (χ1) is 18.1. The van der Waals surface area contributed by atoms with Gasteiger partial charge in [-0.05, 0) is 62.4 Å². The van der Waals surface area contributed by atoms with Crippen LogP contribution in [0, 0.1) is 5.41 Å². The number of ketones is 1. The molecule has 1 aromatic carbocycles. The smallest absolute Gasteiger partial charge is 0.328 e. The number of ether oxygens (including phenoxy) is 1. The molecule has 37 heavy (non-hydrogen) atoms. The molecule has 2 heterocycles. The Hall–Kier alpha value is -3.48. The van der Waals surface area contributed by atoms with E-state index in [1.807, 2.05) is 25.3 Å². The van der Waals surface area contributed by atoms with Crippen LogP contribution in [0.3, 0.4) is 0 Å². The lowest BCUT2D eigenvalue weighted by Crippen LogP contribution is -2.52. The molecule has 0 saturated heterocycles. The molecule has 3 aromatic rings. The fourth-order valence-corrected chi connectivity index (χ4v) is 6.08. The van der Waals surface area contributed by atoms with Gasteiger partial charge in [0.2, 0.25) is 0 Å². The van der Waals surface area contributed by atoms with Crippen molar-refractivity contribution in [2.24, 2.45) is 5.41 Å². The minimum absolute atomic E-state index is 0.199. The minimum atomic E-state index is -0.537. The van der Waals surface area contributed by atoms with E-state index in [2.05, 4.69) is 39.1 Å². The van der Waals surface area contributed by atoms with Crippen molar-refractivity contribution >= 4 is 22.9 Å². The molecule has 2 aromatic heterocycles. The van der Waals surface area contributed by atoms with Crippen molar-refractivity contribution in [1.29, 1.82) is 0 Å². The third-order valence-electron chi connectivity index (χ3n) is 8.42. The maximum absolute atomic E-state index is 12.9. The summed E-state index contributed by atoms with van der Waals surface area (Å²) in [5.41, 5.74) is 4.35. The second-order valence-corrected chi connectivity index (χ2v) is 10.7. The topological polar surface area (TPSA) is 86.1 Å². The zero-order chi connectivity index (χ0) is 25.4. The molecule has 0 aliphatic heterocycles. The van der Waals surface area contributed by atoms with Crippen LogP contribution in [0.5, 0.6) is 0 Å². The van der Waals surface area contributed by atoms with Gasteiger partial charge in [-0.1, -0.05) is 37.8 Å². The molecule has 0 amide bonds. The van der Waals surface area contributed by atoms with Gasteiger partial charge in [-0.15, -0.1) is 0 Å². The van der Waals surface area contributed by atoms with E-state index >= 15 is 0 Å². The Bertz CT molecular complexity index is 1350. The van der Waals surface area contributed by atoms with Gasteiger partial charge in [-0.25, -0.2) is 14.8 Å². The summed E-state index contributed by atoms with van der Waals surface area (Å²) in [5, 5.41) is 3.42.